The summed E-state index contributed by atoms with van der Waals surface area (Å²) in [5.41, 5.74) is 0.933. The van der Waals surface area contributed by atoms with Crippen LogP contribution in [-0.4, -0.2) is 28.9 Å². The van der Waals surface area contributed by atoms with Crippen molar-refractivity contribution in [3.8, 4) is 0 Å². The number of benzene rings is 2. The number of halogens is 5. The Hall–Kier alpha value is -3.66. The molecule has 1 aromatic heterocycles. The summed E-state index contributed by atoms with van der Waals surface area (Å²) < 4.78 is 52.4. The second-order valence-electron chi connectivity index (χ2n) is 8.00. The van der Waals surface area contributed by atoms with Crippen LogP contribution in [0, 0.1) is 5.82 Å². The van der Waals surface area contributed by atoms with Gasteiger partial charge in [-0.05, 0) is 41.5 Å². The van der Waals surface area contributed by atoms with Gasteiger partial charge in [0.15, 0.2) is 0 Å². The van der Waals surface area contributed by atoms with Gasteiger partial charge in [0.2, 0.25) is 0 Å². The number of aromatic nitrogens is 1. The number of carbonyl (C=O) groups excluding carboxylic acids is 2. The van der Waals surface area contributed by atoms with Crippen molar-refractivity contribution in [1.29, 1.82) is 0 Å². The number of nitrogens with one attached hydrogen (secondary N) is 1. The maximum Gasteiger partial charge on any atom is 0.433 e. The Morgan fingerprint density at radius 1 is 1.17 bits per heavy atom. The Kier molecular flexibility index (Phi) is 6.66. The molecular formula is C24H19ClF4N4O2. The first kappa shape index (κ1) is 24.5. The molecule has 35 heavy (non-hydrogen) atoms. The van der Waals surface area contributed by atoms with E-state index in [9.17, 15) is 27.2 Å². The molecule has 0 fully saturated rings. The number of fused-ring (bicyclic) bond motifs is 1. The monoisotopic (exact) mass is 506 g/mol. The van der Waals surface area contributed by atoms with E-state index in [2.05, 4.69) is 10.3 Å². The minimum atomic E-state index is -4.55. The van der Waals surface area contributed by atoms with Gasteiger partial charge in [-0.2, -0.15) is 13.2 Å². The molecule has 0 aliphatic carbocycles. The number of alkyl halides is 3. The summed E-state index contributed by atoms with van der Waals surface area (Å²) in [6.07, 6.45) is -3.50. The summed E-state index contributed by atoms with van der Waals surface area (Å²) in [6, 6.07) is 10.7. The van der Waals surface area contributed by atoms with Crippen LogP contribution in [0.4, 0.5) is 28.0 Å². The van der Waals surface area contributed by atoms with Crippen molar-refractivity contribution in [2.75, 3.05) is 11.9 Å². The second kappa shape index (κ2) is 9.53. The number of anilines is 1. The van der Waals surface area contributed by atoms with Gasteiger partial charge >= 0.3 is 12.2 Å². The third-order valence-electron chi connectivity index (χ3n) is 5.55. The van der Waals surface area contributed by atoms with Crippen LogP contribution < -0.4 is 10.2 Å². The lowest BCUT2D eigenvalue weighted by molar-refractivity contribution is -0.141. The van der Waals surface area contributed by atoms with E-state index >= 15 is 0 Å². The van der Waals surface area contributed by atoms with E-state index < -0.39 is 23.6 Å². The topological polar surface area (TPSA) is 65.5 Å². The van der Waals surface area contributed by atoms with Crippen molar-refractivity contribution in [3.05, 3.63) is 93.5 Å². The van der Waals surface area contributed by atoms with E-state index in [0.29, 0.717) is 17.8 Å². The number of hydrogen-bond acceptors (Lipinski definition) is 3. The maximum absolute atomic E-state index is 14.4. The van der Waals surface area contributed by atoms with Crippen LogP contribution in [0.5, 0.6) is 0 Å². The van der Waals surface area contributed by atoms with Gasteiger partial charge in [-0.1, -0.05) is 29.8 Å². The molecule has 0 saturated carbocycles. The van der Waals surface area contributed by atoms with E-state index in [-0.39, 0.29) is 35.3 Å². The molecule has 1 N–H and O–H groups in total. The molecule has 3 amide bonds. The van der Waals surface area contributed by atoms with E-state index in [1.54, 1.807) is 19.2 Å². The Morgan fingerprint density at radius 2 is 1.94 bits per heavy atom. The zero-order valence-electron chi connectivity index (χ0n) is 18.4. The fraction of sp³-hybridized carbons (Fsp3) is 0.208. The first-order valence-corrected chi connectivity index (χ1v) is 10.8. The minimum Gasteiger partial charge on any atom is -0.348 e. The number of nitrogens with zero attached hydrogens (tertiary/aromatic N) is 3. The number of rotatable bonds is 5. The zero-order valence-corrected chi connectivity index (χ0v) is 19.1. The lowest BCUT2D eigenvalue weighted by Gasteiger charge is -2.35. The predicted octanol–water partition coefficient (Wildman–Crippen LogP) is 5.39. The van der Waals surface area contributed by atoms with Crippen molar-refractivity contribution in [1.82, 2.24) is 15.2 Å². The molecule has 4 rings (SSSR count). The average molecular weight is 507 g/mol. The van der Waals surface area contributed by atoms with E-state index in [1.807, 2.05) is 0 Å². The normalized spacial score (nSPS) is 13.6. The summed E-state index contributed by atoms with van der Waals surface area (Å²) in [5, 5.41) is 2.80. The lowest BCUT2D eigenvalue weighted by atomic mass is 10.0. The molecule has 2 aromatic carbocycles. The van der Waals surface area contributed by atoms with Crippen molar-refractivity contribution in [2.24, 2.45) is 0 Å². The Bertz CT molecular complexity index is 1260. The fourth-order valence-corrected chi connectivity index (χ4v) is 3.92. The van der Waals surface area contributed by atoms with Gasteiger partial charge in [0.05, 0.1) is 12.2 Å². The highest BCUT2D eigenvalue weighted by Crippen LogP contribution is 2.32. The maximum atomic E-state index is 14.4. The zero-order chi connectivity index (χ0) is 25.3. The van der Waals surface area contributed by atoms with Gasteiger partial charge in [-0.3, -0.25) is 14.7 Å². The largest absolute Gasteiger partial charge is 0.433 e. The summed E-state index contributed by atoms with van der Waals surface area (Å²) in [7, 11) is 1.61. The van der Waals surface area contributed by atoms with Gasteiger partial charge in [0.1, 0.15) is 11.5 Å². The minimum absolute atomic E-state index is 0.0444. The molecule has 0 atom stereocenters. The van der Waals surface area contributed by atoms with Gasteiger partial charge in [0, 0.05) is 42.5 Å². The van der Waals surface area contributed by atoms with Crippen LogP contribution in [0.25, 0.3) is 0 Å². The van der Waals surface area contributed by atoms with Crippen LogP contribution in [0.3, 0.4) is 0 Å². The molecule has 0 saturated heterocycles. The third kappa shape index (κ3) is 5.22. The smallest absolute Gasteiger partial charge is 0.348 e. The van der Waals surface area contributed by atoms with E-state index in [1.165, 1.54) is 40.1 Å². The van der Waals surface area contributed by atoms with Gasteiger partial charge in [0.25, 0.3) is 5.91 Å². The molecule has 0 spiro atoms. The molecular weight excluding hydrogens is 488 g/mol. The average Bonchev–Trinajstić information content (AvgIpc) is 2.81. The Balaban J connectivity index is 1.55. The van der Waals surface area contributed by atoms with Crippen LogP contribution >= 0.6 is 11.6 Å². The van der Waals surface area contributed by atoms with Crippen LogP contribution in [-0.2, 0) is 25.8 Å². The molecule has 3 aromatic rings. The van der Waals surface area contributed by atoms with Crippen molar-refractivity contribution in [3.63, 3.8) is 0 Å². The van der Waals surface area contributed by atoms with Crippen LogP contribution in [0.2, 0.25) is 5.02 Å². The molecule has 6 nitrogen and oxygen atoms in total. The molecule has 0 bridgehead atoms. The van der Waals surface area contributed by atoms with Gasteiger partial charge < -0.3 is 10.2 Å². The van der Waals surface area contributed by atoms with Gasteiger partial charge in [-0.15, -0.1) is 0 Å². The highest BCUT2D eigenvalue weighted by Gasteiger charge is 2.32. The van der Waals surface area contributed by atoms with Crippen molar-refractivity contribution in [2.45, 2.75) is 25.8 Å². The summed E-state index contributed by atoms with van der Waals surface area (Å²) in [6.45, 7) is 0.121. The summed E-state index contributed by atoms with van der Waals surface area (Å²) in [4.78, 5) is 31.8. The standard InChI is InChI=1S/C24H19ClF4N4O2/c1-32-12-16-7-6-15(22(34)31-11-14-5-8-21(30-10-14)24(27,28)29)9-20(16)33(23(32)35)13-17-18(25)3-2-4-19(17)26/h2-10H,11-13H2,1H3,(H,31,34). The Morgan fingerprint density at radius 3 is 2.60 bits per heavy atom. The van der Waals surface area contributed by atoms with Crippen molar-refractivity contribution >= 4 is 29.2 Å². The SMILES string of the molecule is CN1Cc2ccc(C(=O)NCc3ccc(C(F)(F)F)nc3)cc2N(Cc2c(F)cccc2Cl)C1=O. The van der Waals surface area contributed by atoms with E-state index in [0.717, 1.165) is 17.8 Å². The molecule has 1 aliphatic heterocycles. The van der Waals surface area contributed by atoms with Crippen LogP contribution in [0.1, 0.15) is 32.7 Å². The first-order valence-electron chi connectivity index (χ1n) is 10.4. The second-order valence-corrected chi connectivity index (χ2v) is 8.41. The molecule has 182 valence electrons. The molecule has 0 unspecified atom stereocenters. The third-order valence-corrected chi connectivity index (χ3v) is 5.90. The highest BCUT2D eigenvalue weighted by molar-refractivity contribution is 6.31. The quantitative estimate of drug-likeness (QED) is 0.472. The highest BCUT2D eigenvalue weighted by atomic mass is 35.5. The molecule has 1 aliphatic rings. The predicted molar refractivity (Wildman–Crippen MR) is 121 cm³/mol. The fourth-order valence-electron chi connectivity index (χ4n) is 3.70. The molecule has 0 radical (unpaired) electrons. The number of urea groups is 1. The number of hydrogen-bond donors (Lipinski definition) is 1. The van der Waals surface area contributed by atoms with E-state index in [4.69, 9.17) is 11.6 Å². The van der Waals surface area contributed by atoms with Gasteiger partial charge in [-0.25, -0.2) is 9.18 Å². The summed E-state index contributed by atoms with van der Waals surface area (Å²) in [5.74, 6) is -1.05. The Labute approximate surface area is 203 Å². The van der Waals surface area contributed by atoms with Crippen LogP contribution in [0.15, 0.2) is 54.7 Å². The first-order chi connectivity index (χ1) is 16.5. The summed E-state index contributed by atoms with van der Waals surface area (Å²) >= 11 is 6.15. The lowest BCUT2D eigenvalue weighted by Crippen LogP contribution is -2.45. The number of carbonyl (C=O) groups is 2. The molecule has 2 heterocycles. The number of pyridine rings is 1. The van der Waals surface area contributed by atoms with Crippen molar-refractivity contribution < 1.29 is 27.2 Å². The molecule has 11 heteroatoms. The number of amides is 3.